The number of rotatable bonds is 6. The van der Waals surface area contributed by atoms with E-state index in [1.54, 1.807) is 0 Å². The quantitative estimate of drug-likeness (QED) is 0.166. The third kappa shape index (κ3) is 6.25. The van der Waals surface area contributed by atoms with E-state index >= 15 is 0 Å². The van der Waals surface area contributed by atoms with Crippen molar-refractivity contribution in [3.05, 3.63) is 270 Å². The zero-order valence-corrected chi connectivity index (χ0v) is 43.3. The summed E-state index contributed by atoms with van der Waals surface area (Å²) in [5, 5.41) is 6.97. The van der Waals surface area contributed by atoms with E-state index in [-0.39, 0.29) is 11.3 Å². The van der Waals surface area contributed by atoms with Crippen LogP contribution in [0.3, 0.4) is 0 Å². The van der Waals surface area contributed by atoms with Crippen molar-refractivity contribution in [1.82, 2.24) is 24.1 Å². The van der Waals surface area contributed by atoms with Gasteiger partial charge in [-0.2, -0.15) is 0 Å². The highest BCUT2D eigenvalue weighted by molar-refractivity contribution is 6.32. The van der Waals surface area contributed by atoms with Crippen LogP contribution in [0.25, 0.3) is 133 Å². The van der Waals surface area contributed by atoms with Crippen LogP contribution in [0, 0.1) is 0 Å². The fourth-order valence-corrected chi connectivity index (χ4v) is 13.7. The molecule has 0 aliphatic heterocycles. The molecule has 17 rings (SSSR count). The molecule has 0 saturated heterocycles. The van der Waals surface area contributed by atoms with Crippen molar-refractivity contribution >= 4 is 65.6 Å². The van der Waals surface area contributed by atoms with Crippen molar-refractivity contribution < 1.29 is 4.42 Å². The zero-order chi connectivity index (χ0) is 52.1. The molecule has 79 heavy (non-hydrogen) atoms. The fraction of sp³-hybridized carbons (Fsp3) is 0.0548. The molecule has 0 saturated carbocycles. The summed E-state index contributed by atoms with van der Waals surface area (Å²) in [5.74, 6) is 1.78. The van der Waals surface area contributed by atoms with Crippen LogP contribution in [-0.2, 0) is 5.41 Å². The molecule has 0 spiro atoms. The Balaban J connectivity index is 0.995. The summed E-state index contributed by atoms with van der Waals surface area (Å²) >= 11 is 0. The number of nitrogens with zero attached hydrogens (tertiary/aromatic N) is 5. The van der Waals surface area contributed by atoms with Gasteiger partial charge in [0.1, 0.15) is 11.2 Å². The summed E-state index contributed by atoms with van der Waals surface area (Å²) in [6, 6.07) is 87.6. The predicted molar refractivity (Wildman–Crippen MR) is 322 cm³/mol. The third-order valence-electron chi connectivity index (χ3n) is 17.2. The predicted octanol–water partition coefficient (Wildman–Crippen LogP) is 18.4. The maximum Gasteiger partial charge on any atom is 0.164 e. The number of fused-ring (bicyclic) bond motifs is 18. The summed E-state index contributed by atoms with van der Waals surface area (Å²) in [5.41, 5.74) is 22.5. The second-order valence-corrected chi connectivity index (χ2v) is 21.8. The Labute approximate surface area is 455 Å². The van der Waals surface area contributed by atoms with E-state index < -0.39 is 0 Å². The van der Waals surface area contributed by atoms with Crippen LogP contribution in [-0.4, -0.2) is 24.1 Å². The number of furan rings is 1. The molecule has 2 aliphatic carbocycles. The van der Waals surface area contributed by atoms with Crippen molar-refractivity contribution in [2.45, 2.75) is 25.2 Å². The molecule has 11 aromatic carbocycles. The molecule has 4 aromatic heterocycles. The third-order valence-corrected chi connectivity index (χ3v) is 17.2. The van der Waals surface area contributed by atoms with E-state index in [1.165, 1.54) is 71.9 Å². The van der Waals surface area contributed by atoms with Crippen molar-refractivity contribution in [1.29, 1.82) is 0 Å². The van der Waals surface area contributed by atoms with E-state index in [1.807, 2.05) is 36.4 Å². The number of aromatic nitrogens is 5. The van der Waals surface area contributed by atoms with Gasteiger partial charge in [-0.25, -0.2) is 15.0 Å². The van der Waals surface area contributed by atoms with Gasteiger partial charge in [-0.3, -0.25) is 0 Å². The molecular weight excluding hydrogens is 963 g/mol. The molecule has 2 aliphatic rings. The molecule has 0 fully saturated rings. The first-order valence-corrected chi connectivity index (χ1v) is 27.2. The molecule has 4 heterocycles. The van der Waals surface area contributed by atoms with Gasteiger partial charge in [0, 0.05) is 82.8 Å². The summed E-state index contributed by atoms with van der Waals surface area (Å²) in [4.78, 5) is 15.5. The van der Waals surface area contributed by atoms with Crippen LogP contribution in [0.1, 0.15) is 47.6 Å². The van der Waals surface area contributed by atoms with Crippen molar-refractivity contribution in [2.75, 3.05) is 0 Å². The maximum atomic E-state index is 7.29. The highest BCUT2D eigenvalue weighted by Gasteiger charge is 2.39. The molecule has 0 radical (unpaired) electrons. The molecule has 1 unspecified atom stereocenters. The van der Waals surface area contributed by atoms with Gasteiger partial charge in [0.05, 0.1) is 22.1 Å². The van der Waals surface area contributed by atoms with Gasteiger partial charge in [0.2, 0.25) is 0 Å². The van der Waals surface area contributed by atoms with E-state index in [9.17, 15) is 0 Å². The number of para-hydroxylation sites is 2. The van der Waals surface area contributed by atoms with Crippen LogP contribution in [0.4, 0.5) is 0 Å². The van der Waals surface area contributed by atoms with Crippen LogP contribution in [0.15, 0.2) is 247 Å². The largest absolute Gasteiger partial charge is 0.456 e. The highest BCUT2D eigenvalue weighted by atomic mass is 16.3. The minimum atomic E-state index is -0.164. The minimum Gasteiger partial charge on any atom is -0.456 e. The summed E-state index contributed by atoms with van der Waals surface area (Å²) in [6.45, 7) is 4.74. The smallest absolute Gasteiger partial charge is 0.164 e. The summed E-state index contributed by atoms with van der Waals surface area (Å²) < 4.78 is 12.3. The molecular formula is C73H47N5O. The van der Waals surface area contributed by atoms with E-state index in [0.717, 1.165) is 71.8 Å². The zero-order valence-electron chi connectivity index (χ0n) is 43.3. The van der Waals surface area contributed by atoms with Crippen molar-refractivity contribution in [2.24, 2.45) is 0 Å². The number of hydrogen-bond acceptors (Lipinski definition) is 4. The second kappa shape index (κ2) is 16.4. The van der Waals surface area contributed by atoms with E-state index in [2.05, 4.69) is 229 Å². The van der Waals surface area contributed by atoms with Crippen molar-refractivity contribution in [3.63, 3.8) is 0 Å². The Bertz CT molecular complexity index is 4990. The van der Waals surface area contributed by atoms with Crippen LogP contribution >= 0.6 is 0 Å². The topological polar surface area (TPSA) is 61.7 Å². The second-order valence-electron chi connectivity index (χ2n) is 21.8. The van der Waals surface area contributed by atoms with Gasteiger partial charge in [-0.15, -0.1) is 0 Å². The molecule has 0 bridgehead atoms. The fourth-order valence-electron chi connectivity index (χ4n) is 13.7. The Morgan fingerprint density at radius 2 is 1.01 bits per heavy atom. The van der Waals surface area contributed by atoms with Gasteiger partial charge < -0.3 is 13.6 Å². The molecule has 15 aromatic rings. The van der Waals surface area contributed by atoms with Crippen LogP contribution in [0.2, 0.25) is 0 Å². The lowest BCUT2D eigenvalue weighted by molar-refractivity contribution is 0.661. The first-order chi connectivity index (χ1) is 39.0. The SMILES string of the molecule is CC1(C)c2ccccc2-c2cc3c4ccccc4n(-c4ccc5c(c4)c4c6c(oc7ccccc76)c6c(c4n5-c4cccc(-c5nc(-c7ccccc7)nc(-c7ccccc7)n5)c4)-c4ccccc4C6c4ccccc4)c3cc21. The number of benzene rings is 11. The highest BCUT2D eigenvalue weighted by Crippen LogP contribution is 2.58. The van der Waals surface area contributed by atoms with Crippen LogP contribution in [0.5, 0.6) is 0 Å². The lowest BCUT2D eigenvalue weighted by Gasteiger charge is -2.21. The average Bonchev–Trinajstić information content (AvgIpc) is 3.49. The molecule has 0 amide bonds. The standard InChI is InChI=1S/C73H47N5O/c1-73(2)57-34-17-14-29-49(57)54-41-55-50-30-15-18-35-59(50)77(61(55)42-58(54)73)48-37-38-60-56(40-48)65-66-53-33-16-19-36-62(53)79-69(66)67-63(43-21-6-3-7-22-43)51-31-12-13-32-52(51)64(67)68(65)78(60)47-28-20-27-46(39-47)72-75-70(44-23-8-4-9-24-44)74-71(76-72)45-25-10-5-11-26-45/h3-42,63H,1-2H3. The Kier molecular flexibility index (Phi) is 9.15. The normalized spacial score (nSPS) is 14.2. The first-order valence-electron chi connectivity index (χ1n) is 27.2. The van der Waals surface area contributed by atoms with Gasteiger partial charge in [0.15, 0.2) is 17.5 Å². The van der Waals surface area contributed by atoms with E-state index in [0.29, 0.717) is 17.5 Å². The monoisotopic (exact) mass is 1010 g/mol. The molecule has 1 atom stereocenters. The van der Waals surface area contributed by atoms with Crippen LogP contribution < -0.4 is 0 Å². The van der Waals surface area contributed by atoms with Gasteiger partial charge >= 0.3 is 0 Å². The van der Waals surface area contributed by atoms with Gasteiger partial charge in [-0.1, -0.05) is 202 Å². The minimum absolute atomic E-state index is 0.0685. The molecule has 6 heteroatoms. The Morgan fingerprint density at radius 1 is 0.405 bits per heavy atom. The van der Waals surface area contributed by atoms with Gasteiger partial charge in [0.25, 0.3) is 0 Å². The lowest BCUT2D eigenvalue weighted by Crippen LogP contribution is -2.14. The summed E-state index contributed by atoms with van der Waals surface area (Å²) in [6.07, 6.45) is 0. The maximum absolute atomic E-state index is 7.29. The molecule has 370 valence electrons. The molecule has 6 nitrogen and oxygen atoms in total. The number of hydrogen-bond donors (Lipinski definition) is 0. The summed E-state index contributed by atoms with van der Waals surface area (Å²) in [7, 11) is 0. The Morgan fingerprint density at radius 3 is 1.78 bits per heavy atom. The van der Waals surface area contributed by atoms with Crippen molar-refractivity contribution in [3.8, 4) is 67.8 Å². The van der Waals surface area contributed by atoms with Gasteiger partial charge in [-0.05, 0) is 93.5 Å². The first kappa shape index (κ1) is 44.0. The Hall–Kier alpha value is -10.2. The van der Waals surface area contributed by atoms with E-state index in [4.69, 9.17) is 19.4 Å². The molecule has 0 N–H and O–H groups in total. The average molecular weight is 1010 g/mol. The lowest BCUT2D eigenvalue weighted by atomic mass is 9.82.